The lowest BCUT2D eigenvalue weighted by Gasteiger charge is -2.24. The van der Waals surface area contributed by atoms with Crippen LogP contribution in [0, 0.1) is 0 Å². The molecule has 3 nitrogen and oxygen atoms in total. The predicted octanol–water partition coefficient (Wildman–Crippen LogP) is 1.70. The van der Waals surface area contributed by atoms with Gasteiger partial charge in [-0.3, -0.25) is 0 Å². The van der Waals surface area contributed by atoms with E-state index in [-0.39, 0.29) is 0 Å². The van der Waals surface area contributed by atoms with Crippen LogP contribution in [0.1, 0.15) is 12.8 Å². The minimum absolute atomic E-state index is 0.509. The third-order valence-corrected chi connectivity index (χ3v) is 2.68. The summed E-state index contributed by atoms with van der Waals surface area (Å²) in [6.07, 6.45) is 4.30. The molecule has 14 heavy (non-hydrogen) atoms. The Kier molecular flexibility index (Phi) is 2.99. The smallest absolute Gasteiger partial charge is 0.128 e. The maximum atomic E-state index is 5.21. The van der Waals surface area contributed by atoms with Gasteiger partial charge >= 0.3 is 0 Å². The summed E-state index contributed by atoms with van der Waals surface area (Å²) in [5.41, 5.74) is 0. The van der Waals surface area contributed by atoms with E-state index < -0.39 is 0 Å². The molecule has 0 amide bonds. The fourth-order valence-electron chi connectivity index (χ4n) is 2.03. The molecule has 2 heterocycles. The maximum absolute atomic E-state index is 5.21. The van der Waals surface area contributed by atoms with Crippen molar-refractivity contribution in [2.24, 2.45) is 0 Å². The molecule has 1 aliphatic heterocycles. The summed E-state index contributed by atoms with van der Waals surface area (Å²) in [4.78, 5) is 6.70. The van der Waals surface area contributed by atoms with Crippen molar-refractivity contribution in [3.05, 3.63) is 24.4 Å². The second-order valence-electron chi connectivity index (χ2n) is 3.63. The Balaban J connectivity index is 2.10. The number of aromatic nitrogens is 1. The van der Waals surface area contributed by atoms with Gasteiger partial charge < -0.3 is 9.64 Å². The van der Waals surface area contributed by atoms with Gasteiger partial charge in [-0.05, 0) is 25.0 Å². The third-order valence-electron chi connectivity index (χ3n) is 2.68. The molecule has 1 saturated heterocycles. The first-order valence-electron chi connectivity index (χ1n) is 5.08. The molecule has 3 heteroatoms. The standard InChI is InChI=1S/C11H16N2O/c1-14-9-10-5-4-8-13(10)11-6-2-3-7-12-11/h2-3,6-7,10H,4-5,8-9H2,1H3. The minimum Gasteiger partial charge on any atom is -0.383 e. The van der Waals surface area contributed by atoms with E-state index in [1.54, 1.807) is 7.11 Å². The highest BCUT2D eigenvalue weighted by atomic mass is 16.5. The summed E-state index contributed by atoms with van der Waals surface area (Å²) in [6.45, 7) is 1.90. The molecular weight excluding hydrogens is 176 g/mol. The van der Waals surface area contributed by atoms with Gasteiger partial charge in [-0.15, -0.1) is 0 Å². The normalized spacial score (nSPS) is 21.5. The summed E-state index contributed by atoms with van der Waals surface area (Å²) in [7, 11) is 1.76. The summed E-state index contributed by atoms with van der Waals surface area (Å²) in [5.74, 6) is 1.08. The molecule has 1 atom stereocenters. The van der Waals surface area contributed by atoms with Gasteiger partial charge in [-0.25, -0.2) is 4.98 Å². The molecule has 1 aromatic rings. The lowest BCUT2D eigenvalue weighted by Crippen LogP contribution is -2.33. The largest absolute Gasteiger partial charge is 0.383 e. The Hall–Kier alpha value is -1.09. The van der Waals surface area contributed by atoms with Crippen LogP contribution in [0.2, 0.25) is 0 Å². The number of rotatable bonds is 3. The SMILES string of the molecule is COCC1CCCN1c1ccccn1. The van der Waals surface area contributed by atoms with Gasteiger partial charge in [0.15, 0.2) is 0 Å². The van der Waals surface area contributed by atoms with Crippen LogP contribution in [0.5, 0.6) is 0 Å². The van der Waals surface area contributed by atoms with E-state index in [0.29, 0.717) is 6.04 Å². The van der Waals surface area contributed by atoms with E-state index in [9.17, 15) is 0 Å². The van der Waals surface area contributed by atoms with Gasteiger partial charge in [-0.2, -0.15) is 0 Å². The van der Waals surface area contributed by atoms with E-state index in [1.807, 2.05) is 18.3 Å². The van der Waals surface area contributed by atoms with Crippen molar-refractivity contribution in [2.75, 3.05) is 25.2 Å². The van der Waals surface area contributed by atoms with Gasteiger partial charge in [-0.1, -0.05) is 6.07 Å². The van der Waals surface area contributed by atoms with Crippen molar-refractivity contribution in [1.29, 1.82) is 0 Å². The van der Waals surface area contributed by atoms with Crippen LogP contribution in [0.15, 0.2) is 24.4 Å². The topological polar surface area (TPSA) is 25.4 Å². The first-order valence-corrected chi connectivity index (χ1v) is 5.08. The zero-order chi connectivity index (χ0) is 9.80. The van der Waals surface area contributed by atoms with E-state index >= 15 is 0 Å². The summed E-state index contributed by atoms with van der Waals surface area (Å²) >= 11 is 0. The van der Waals surface area contributed by atoms with Gasteiger partial charge in [0, 0.05) is 19.9 Å². The van der Waals surface area contributed by atoms with Crippen molar-refractivity contribution in [3.8, 4) is 0 Å². The lowest BCUT2D eigenvalue weighted by atomic mass is 10.2. The fraction of sp³-hybridized carbons (Fsp3) is 0.545. The van der Waals surface area contributed by atoms with Gasteiger partial charge in [0.1, 0.15) is 5.82 Å². The molecule has 76 valence electrons. The third kappa shape index (κ3) is 1.87. The first-order chi connectivity index (χ1) is 6.92. The first kappa shape index (κ1) is 9.46. The zero-order valence-corrected chi connectivity index (χ0v) is 8.52. The monoisotopic (exact) mass is 192 g/mol. The Morgan fingerprint density at radius 1 is 1.57 bits per heavy atom. The highest BCUT2D eigenvalue weighted by molar-refractivity contribution is 5.40. The molecule has 0 saturated carbocycles. The summed E-state index contributed by atoms with van der Waals surface area (Å²) in [6, 6.07) is 6.55. The number of pyridine rings is 1. The fourth-order valence-corrected chi connectivity index (χ4v) is 2.03. The molecule has 0 bridgehead atoms. The average Bonchev–Trinajstić information content (AvgIpc) is 2.68. The van der Waals surface area contributed by atoms with E-state index in [2.05, 4.69) is 16.0 Å². The van der Waals surface area contributed by atoms with Crippen LogP contribution in [0.4, 0.5) is 5.82 Å². The second kappa shape index (κ2) is 4.42. The van der Waals surface area contributed by atoms with Crippen molar-refractivity contribution >= 4 is 5.82 Å². The van der Waals surface area contributed by atoms with Crippen LogP contribution in [0.25, 0.3) is 0 Å². The van der Waals surface area contributed by atoms with Crippen molar-refractivity contribution in [3.63, 3.8) is 0 Å². The lowest BCUT2D eigenvalue weighted by molar-refractivity contribution is 0.180. The molecule has 0 N–H and O–H groups in total. The minimum atomic E-state index is 0.509. The second-order valence-corrected chi connectivity index (χ2v) is 3.63. The van der Waals surface area contributed by atoms with Crippen LogP contribution in [-0.4, -0.2) is 31.3 Å². The Morgan fingerprint density at radius 2 is 2.50 bits per heavy atom. The average molecular weight is 192 g/mol. The number of anilines is 1. The quantitative estimate of drug-likeness (QED) is 0.728. The number of hydrogen-bond donors (Lipinski definition) is 0. The van der Waals surface area contributed by atoms with E-state index in [0.717, 1.165) is 19.0 Å². The molecule has 1 fully saturated rings. The molecular formula is C11H16N2O. The highest BCUT2D eigenvalue weighted by Gasteiger charge is 2.24. The molecule has 2 rings (SSSR count). The van der Waals surface area contributed by atoms with Crippen LogP contribution in [-0.2, 0) is 4.74 Å². The number of nitrogens with zero attached hydrogens (tertiary/aromatic N) is 2. The van der Waals surface area contributed by atoms with Gasteiger partial charge in [0.25, 0.3) is 0 Å². The Bertz CT molecular complexity index is 276. The van der Waals surface area contributed by atoms with Crippen molar-refractivity contribution in [1.82, 2.24) is 4.98 Å². The number of hydrogen-bond acceptors (Lipinski definition) is 3. The summed E-state index contributed by atoms with van der Waals surface area (Å²) < 4.78 is 5.21. The van der Waals surface area contributed by atoms with Crippen LogP contribution < -0.4 is 4.90 Å². The molecule has 0 spiro atoms. The summed E-state index contributed by atoms with van der Waals surface area (Å²) in [5, 5.41) is 0. The molecule has 0 aromatic carbocycles. The number of methoxy groups -OCH3 is 1. The maximum Gasteiger partial charge on any atom is 0.128 e. The van der Waals surface area contributed by atoms with Crippen LogP contribution >= 0.6 is 0 Å². The molecule has 1 aliphatic rings. The highest BCUT2D eigenvalue weighted by Crippen LogP contribution is 2.23. The van der Waals surface area contributed by atoms with Gasteiger partial charge in [0.2, 0.25) is 0 Å². The predicted molar refractivity (Wildman–Crippen MR) is 56.5 cm³/mol. The van der Waals surface area contributed by atoms with Crippen molar-refractivity contribution in [2.45, 2.75) is 18.9 Å². The van der Waals surface area contributed by atoms with E-state index in [4.69, 9.17) is 4.74 Å². The Morgan fingerprint density at radius 3 is 3.21 bits per heavy atom. The molecule has 1 unspecified atom stereocenters. The molecule has 0 radical (unpaired) electrons. The number of ether oxygens (including phenoxy) is 1. The van der Waals surface area contributed by atoms with Crippen molar-refractivity contribution < 1.29 is 4.74 Å². The Labute approximate surface area is 84.7 Å². The zero-order valence-electron chi connectivity index (χ0n) is 8.52. The molecule has 1 aromatic heterocycles. The van der Waals surface area contributed by atoms with Gasteiger partial charge in [0.05, 0.1) is 12.6 Å². The van der Waals surface area contributed by atoms with Crippen LogP contribution in [0.3, 0.4) is 0 Å². The van der Waals surface area contributed by atoms with E-state index in [1.165, 1.54) is 12.8 Å². The molecule has 0 aliphatic carbocycles.